The number of amides is 1. The zero-order valence-electron chi connectivity index (χ0n) is 18.9. The molecule has 1 aromatic carbocycles. The Bertz CT molecular complexity index is 1160. The summed E-state index contributed by atoms with van der Waals surface area (Å²) in [5.74, 6) is -0.942. The van der Waals surface area contributed by atoms with Crippen molar-refractivity contribution in [3.63, 3.8) is 0 Å². The first-order valence-corrected chi connectivity index (χ1v) is 12.4. The van der Waals surface area contributed by atoms with Crippen LogP contribution in [0, 0.1) is 0 Å². The van der Waals surface area contributed by atoms with Gasteiger partial charge in [0.15, 0.2) is 4.75 Å². The molecule has 2 N–H and O–H groups in total. The molecule has 0 saturated carbocycles. The third-order valence-electron chi connectivity index (χ3n) is 6.23. The normalized spacial score (nSPS) is 19.1. The third-order valence-corrected chi connectivity index (χ3v) is 8.86. The predicted octanol–water partition coefficient (Wildman–Crippen LogP) is 1.55. The number of hydrogen-bond acceptors (Lipinski definition) is 9. The molecular weight excluding hydrogens is 507 g/mol. The Morgan fingerprint density at radius 2 is 1.61 bits per heavy atom. The number of alkyl halides is 3. The summed E-state index contributed by atoms with van der Waals surface area (Å²) in [6.07, 6.45) is -1.85. The molecule has 0 atom stereocenters. The lowest BCUT2D eigenvalue weighted by atomic mass is 9.98. The van der Waals surface area contributed by atoms with Crippen molar-refractivity contribution in [3.05, 3.63) is 36.7 Å². The number of ether oxygens (including phenoxy) is 2. The summed E-state index contributed by atoms with van der Waals surface area (Å²) in [6, 6.07) is 5.30. The second-order valence-corrected chi connectivity index (χ2v) is 10.5. The van der Waals surface area contributed by atoms with E-state index in [4.69, 9.17) is 9.94 Å². The summed E-state index contributed by atoms with van der Waals surface area (Å²) in [5, 5.41) is 9.17. The fraction of sp³-hybridized carbons (Fsp3) is 0.476. The van der Waals surface area contributed by atoms with Gasteiger partial charge in [0.2, 0.25) is 16.0 Å². The highest BCUT2D eigenvalue weighted by Gasteiger charge is 2.54. The fourth-order valence-electron chi connectivity index (χ4n) is 4.26. The number of hydroxylamine groups is 1. The molecule has 3 heterocycles. The molecule has 0 radical (unpaired) electrons. The number of nitrogens with zero attached hydrogens (tertiary/aromatic N) is 4. The fourth-order valence-corrected chi connectivity index (χ4v) is 6.36. The molecule has 0 bridgehead atoms. The van der Waals surface area contributed by atoms with E-state index >= 15 is 0 Å². The number of rotatable bonds is 6. The van der Waals surface area contributed by atoms with Gasteiger partial charge in [0.25, 0.3) is 5.91 Å². The number of sulfonamides is 1. The van der Waals surface area contributed by atoms with Gasteiger partial charge < -0.3 is 14.4 Å². The highest BCUT2D eigenvalue weighted by Crippen LogP contribution is 2.34. The van der Waals surface area contributed by atoms with Crippen LogP contribution < -0.4 is 15.1 Å². The summed E-state index contributed by atoms with van der Waals surface area (Å²) >= 11 is 0. The monoisotopic (exact) mass is 531 g/mol. The lowest BCUT2D eigenvalue weighted by molar-refractivity contribution is -0.274. The van der Waals surface area contributed by atoms with Gasteiger partial charge in [0.1, 0.15) is 5.75 Å². The molecule has 196 valence electrons. The number of piperazine rings is 1. The summed E-state index contributed by atoms with van der Waals surface area (Å²) in [7, 11) is -4.09. The largest absolute Gasteiger partial charge is 0.573 e. The molecular formula is C21H24F3N5O6S. The Morgan fingerprint density at radius 3 is 2.14 bits per heavy atom. The van der Waals surface area contributed by atoms with Crippen molar-refractivity contribution < 1.29 is 41.1 Å². The minimum absolute atomic E-state index is 0.0597. The van der Waals surface area contributed by atoms with Crippen molar-refractivity contribution in [2.24, 2.45) is 0 Å². The van der Waals surface area contributed by atoms with E-state index in [2.05, 4.69) is 14.7 Å². The molecule has 2 saturated heterocycles. The number of carbonyl (C=O) groups excluding carboxylic acids is 1. The molecule has 2 aromatic rings. The first-order valence-electron chi connectivity index (χ1n) is 11.0. The van der Waals surface area contributed by atoms with Gasteiger partial charge in [-0.05, 0) is 17.7 Å². The molecule has 11 nitrogen and oxygen atoms in total. The van der Waals surface area contributed by atoms with Crippen LogP contribution in [0.5, 0.6) is 5.75 Å². The first kappa shape index (κ1) is 26.1. The van der Waals surface area contributed by atoms with E-state index in [0.29, 0.717) is 17.1 Å². The summed E-state index contributed by atoms with van der Waals surface area (Å²) in [4.78, 5) is 22.8. The average Bonchev–Trinajstić information content (AvgIpc) is 2.88. The zero-order chi connectivity index (χ0) is 26.0. The van der Waals surface area contributed by atoms with Gasteiger partial charge in [-0.25, -0.2) is 23.9 Å². The van der Waals surface area contributed by atoms with E-state index in [1.807, 2.05) is 0 Å². The van der Waals surface area contributed by atoms with Gasteiger partial charge in [-0.1, -0.05) is 12.1 Å². The van der Waals surface area contributed by atoms with E-state index < -0.39 is 27.0 Å². The van der Waals surface area contributed by atoms with E-state index in [9.17, 15) is 26.4 Å². The minimum Gasteiger partial charge on any atom is -0.406 e. The Balaban J connectivity index is 1.41. The van der Waals surface area contributed by atoms with Crippen LogP contribution in [-0.4, -0.2) is 84.3 Å². The van der Waals surface area contributed by atoms with Crippen LogP contribution in [0.15, 0.2) is 36.7 Å². The second kappa shape index (κ2) is 10.2. The van der Waals surface area contributed by atoms with Crippen LogP contribution in [-0.2, 0) is 19.6 Å². The van der Waals surface area contributed by atoms with Crippen LogP contribution in [0.3, 0.4) is 0 Å². The average molecular weight is 532 g/mol. The Kier molecular flexibility index (Phi) is 7.36. The molecule has 1 aromatic heterocycles. The summed E-state index contributed by atoms with van der Waals surface area (Å²) in [6.45, 7) is 0.908. The van der Waals surface area contributed by atoms with E-state index in [-0.39, 0.29) is 58.0 Å². The summed E-state index contributed by atoms with van der Waals surface area (Å²) < 4.78 is 72.3. The molecule has 36 heavy (non-hydrogen) atoms. The number of nitrogens with one attached hydrogen (secondary N) is 1. The van der Waals surface area contributed by atoms with Gasteiger partial charge in [0.05, 0.1) is 0 Å². The maximum atomic E-state index is 13.4. The smallest absolute Gasteiger partial charge is 0.406 e. The standard InChI is InChI=1S/C21H24F3N5O6S/c22-21(23,24)35-17-3-1-15(2-4-17)16-13-25-19(26-14-16)28-7-9-29(10-8-28)36(32,33)20(18(30)27-31)5-11-34-12-6-20/h1-4,13-14,31H,5-12H2,(H,27,30). The zero-order valence-corrected chi connectivity index (χ0v) is 19.8. The number of hydrogen-bond donors (Lipinski definition) is 2. The second-order valence-electron chi connectivity index (χ2n) is 8.28. The van der Waals surface area contributed by atoms with Crippen molar-refractivity contribution in [2.45, 2.75) is 24.0 Å². The van der Waals surface area contributed by atoms with Gasteiger partial charge in [-0.3, -0.25) is 10.0 Å². The topological polar surface area (TPSA) is 134 Å². The van der Waals surface area contributed by atoms with E-state index in [1.165, 1.54) is 46.4 Å². The lowest BCUT2D eigenvalue weighted by Crippen LogP contribution is -2.62. The van der Waals surface area contributed by atoms with E-state index in [0.717, 1.165) is 0 Å². The summed E-state index contributed by atoms with van der Waals surface area (Å²) in [5.41, 5.74) is 2.67. The van der Waals surface area contributed by atoms with E-state index in [1.54, 1.807) is 4.90 Å². The van der Waals surface area contributed by atoms with Crippen molar-refractivity contribution in [2.75, 3.05) is 44.3 Å². The van der Waals surface area contributed by atoms with Gasteiger partial charge in [-0.2, -0.15) is 4.31 Å². The molecule has 2 aliphatic rings. The van der Waals surface area contributed by atoms with Gasteiger partial charge >= 0.3 is 6.36 Å². The molecule has 4 rings (SSSR count). The molecule has 0 spiro atoms. The van der Waals surface area contributed by atoms with Crippen molar-refractivity contribution in [1.82, 2.24) is 19.8 Å². The Hall–Kier alpha value is -3.01. The maximum absolute atomic E-state index is 13.4. The molecule has 2 aliphatic heterocycles. The van der Waals surface area contributed by atoms with Crippen LogP contribution in [0.4, 0.5) is 19.1 Å². The number of benzene rings is 1. The predicted molar refractivity (Wildman–Crippen MR) is 120 cm³/mol. The van der Waals surface area contributed by atoms with Crippen molar-refractivity contribution >= 4 is 21.9 Å². The number of anilines is 1. The Morgan fingerprint density at radius 1 is 1.03 bits per heavy atom. The molecule has 0 unspecified atom stereocenters. The first-order chi connectivity index (χ1) is 17.1. The molecule has 1 amide bonds. The highest BCUT2D eigenvalue weighted by atomic mass is 32.2. The number of carbonyl (C=O) groups is 1. The maximum Gasteiger partial charge on any atom is 0.573 e. The van der Waals surface area contributed by atoms with Crippen LogP contribution in [0.1, 0.15) is 12.8 Å². The third kappa shape index (κ3) is 5.23. The van der Waals surface area contributed by atoms with Gasteiger partial charge in [0, 0.05) is 70.2 Å². The molecule has 2 fully saturated rings. The SMILES string of the molecule is O=C(NO)C1(S(=O)(=O)N2CCN(c3ncc(-c4ccc(OC(F)(F)F)cc4)cn3)CC2)CCOCC1. The van der Waals surface area contributed by atoms with Gasteiger partial charge in [-0.15, -0.1) is 13.2 Å². The van der Waals surface area contributed by atoms with Crippen molar-refractivity contribution in [3.8, 4) is 16.9 Å². The minimum atomic E-state index is -4.77. The van der Waals surface area contributed by atoms with Crippen LogP contribution >= 0.6 is 0 Å². The lowest BCUT2D eigenvalue weighted by Gasteiger charge is -2.41. The quantitative estimate of drug-likeness (QED) is 0.421. The van der Waals surface area contributed by atoms with Crippen LogP contribution in [0.25, 0.3) is 11.1 Å². The van der Waals surface area contributed by atoms with Crippen LogP contribution in [0.2, 0.25) is 0 Å². The Labute approximate surface area is 204 Å². The number of aromatic nitrogens is 2. The highest BCUT2D eigenvalue weighted by molar-refractivity contribution is 7.91. The number of halogens is 3. The van der Waals surface area contributed by atoms with Crippen molar-refractivity contribution in [1.29, 1.82) is 0 Å². The molecule has 0 aliphatic carbocycles. The molecule has 15 heteroatoms.